The molecule has 1 N–H and O–H groups in total. The van der Waals surface area contributed by atoms with Gasteiger partial charge < -0.3 is 10.2 Å². The molecule has 2 aromatic carbocycles. The van der Waals surface area contributed by atoms with Crippen LogP contribution in [0.2, 0.25) is 0 Å². The Kier molecular flexibility index (Phi) is 4.48. The lowest BCUT2D eigenvalue weighted by Gasteiger charge is -2.32. The standard InChI is InChI=1S/C21H20FN3O2/c22-16-8-10-17(11-9-16)23-18(26)14-25-20(27)19(15-6-2-1-3-7-15)24-21(25)12-4-5-13-21/h1-3,6-11H,4-5,12-14H2,(H,23,26). The molecule has 1 fully saturated rings. The number of anilines is 1. The highest BCUT2D eigenvalue weighted by Gasteiger charge is 2.49. The molecule has 1 heterocycles. The molecule has 6 heteroatoms. The number of carbonyl (C=O) groups is 2. The van der Waals surface area contributed by atoms with Crippen LogP contribution in [0.25, 0.3) is 0 Å². The second-order valence-corrected chi connectivity index (χ2v) is 6.96. The third kappa shape index (κ3) is 3.35. The summed E-state index contributed by atoms with van der Waals surface area (Å²) in [6, 6.07) is 14.9. The van der Waals surface area contributed by atoms with E-state index in [0.29, 0.717) is 11.4 Å². The summed E-state index contributed by atoms with van der Waals surface area (Å²) in [6.45, 7) is -0.0734. The van der Waals surface area contributed by atoms with Gasteiger partial charge in [-0.25, -0.2) is 4.39 Å². The molecule has 1 aliphatic carbocycles. The van der Waals surface area contributed by atoms with Gasteiger partial charge in [-0.1, -0.05) is 30.3 Å². The number of nitrogens with zero attached hydrogens (tertiary/aromatic N) is 2. The quantitative estimate of drug-likeness (QED) is 0.903. The molecule has 1 spiro atoms. The summed E-state index contributed by atoms with van der Waals surface area (Å²) in [5, 5.41) is 2.73. The Morgan fingerprint density at radius 1 is 1.07 bits per heavy atom. The molecule has 1 aliphatic heterocycles. The van der Waals surface area contributed by atoms with Crippen molar-refractivity contribution in [3.8, 4) is 0 Å². The van der Waals surface area contributed by atoms with Gasteiger partial charge in [0.1, 0.15) is 23.7 Å². The second kappa shape index (κ2) is 6.95. The van der Waals surface area contributed by atoms with Crippen LogP contribution in [0.1, 0.15) is 31.2 Å². The van der Waals surface area contributed by atoms with Crippen molar-refractivity contribution >= 4 is 23.2 Å². The van der Waals surface area contributed by atoms with Gasteiger partial charge in [-0.15, -0.1) is 0 Å². The van der Waals surface area contributed by atoms with Crippen LogP contribution in [0.5, 0.6) is 0 Å². The lowest BCUT2D eigenvalue weighted by atomic mass is 10.1. The minimum absolute atomic E-state index is 0.0734. The number of rotatable bonds is 4. The van der Waals surface area contributed by atoms with Crippen molar-refractivity contribution in [2.24, 2.45) is 4.99 Å². The first-order valence-corrected chi connectivity index (χ1v) is 9.10. The Labute approximate surface area is 156 Å². The number of hydrogen-bond acceptors (Lipinski definition) is 3. The van der Waals surface area contributed by atoms with Crippen molar-refractivity contribution < 1.29 is 14.0 Å². The van der Waals surface area contributed by atoms with E-state index in [1.54, 1.807) is 4.90 Å². The van der Waals surface area contributed by atoms with Crippen LogP contribution in [0, 0.1) is 5.82 Å². The lowest BCUT2D eigenvalue weighted by Crippen LogP contribution is -2.48. The highest BCUT2D eigenvalue weighted by atomic mass is 19.1. The molecule has 5 nitrogen and oxygen atoms in total. The van der Waals surface area contributed by atoms with Crippen LogP contribution in [0.15, 0.2) is 59.6 Å². The van der Waals surface area contributed by atoms with Crippen LogP contribution in [0.4, 0.5) is 10.1 Å². The molecule has 0 saturated heterocycles. The predicted molar refractivity (Wildman–Crippen MR) is 101 cm³/mol. The van der Waals surface area contributed by atoms with Crippen molar-refractivity contribution in [2.45, 2.75) is 31.3 Å². The molecule has 0 unspecified atom stereocenters. The number of nitrogens with one attached hydrogen (secondary N) is 1. The van der Waals surface area contributed by atoms with E-state index >= 15 is 0 Å². The van der Waals surface area contributed by atoms with Gasteiger partial charge in [0.25, 0.3) is 5.91 Å². The minimum atomic E-state index is -0.623. The van der Waals surface area contributed by atoms with Gasteiger partial charge in [0.05, 0.1) is 0 Å². The molecular formula is C21H20FN3O2. The van der Waals surface area contributed by atoms with E-state index in [1.165, 1.54) is 24.3 Å². The van der Waals surface area contributed by atoms with Gasteiger partial charge in [-0.3, -0.25) is 14.6 Å². The van der Waals surface area contributed by atoms with Gasteiger partial charge >= 0.3 is 0 Å². The fraction of sp³-hybridized carbons (Fsp3) is 0.286. The minimum Gasteiger partial charge on any atom is -0.325 e. The van der Waals surface area contributed by atoms with Crippen LogP contribution >= 0.6 is 0 Å². The molecule has 27 heavy (non-hydrogen) atoms. The fourth-order valence-electron chi connectivity index (χ4n) is 3.84. The maximum Gasteiger partial charge on any atom is 0.275 e. The van der Waals surface area contributed by atoms with E-state index in [2.05, 4.69) is 5.32 Å². The van der Waals surface area contributed by atoms with E-state index in [1.807, 2.05) is 30.3 Å². The first kappa shape index (κ1) is 17.4. The number of hydrogen-bond donors (Lipinski definition) is 1. The van der Waals surface area contributed by atoms with Gasteiger partial charge in [-0.2, -0.15) is 0 Å². The average Bonchev–Trinajstić information content (AvgIpc) is 3.25. The summed E-state index contributed by atoms with van der Waals surface area (Å²) in [6.07, 6.45) is 3.49. The monoisotopic (exact) mass is 365 g/mol. The molecule has 0 aromatic heterocycles. The van der Waals surface area contributed by atoms with Crippen LogP contribution in [0.3, 0.4) is 0 Å². The number of carbonyl (C=O) groups excluding carboxylic acids is 2. The van der Waals surface area contributed by atoms with Crippen molar-refractivity contribution in [3.05, 3.63) is 66.0 Å². The van der Waals surface area contributed by atoms with Gasteiger partial charge in [0, 0.05) is 11.3 Å². The maximum atomic E-state index is 13.1. The first-order chi connectivity index (χ1) is 13.1. The number of halogens is 1. The highest BCUT2D eigenvalue weighted by Crippen LogP contribution is 2.40. The third-order valence-electron chi connectivity index (χ3n) is 5.15. The predicted octanol–water partition coefficient (Wildman–Crippen LogP) is 3.37. The summed E-state index contributed by atoms with van der Waals surface area (Å²) in [4.78, 5) is 32.0. The maximum absolute atomic E-state index is 13.1. The van der Waals surface area contributed by atoms with Crippen LogP contribution in [-0.2, 0) is 9.59 Å². The summed E-state index contributed by atoms with van der Waals surface area (Å²) in [5.41, 5.74) is 1.07. The SMILES string of the molecule is O=C(CN1C(=O)C(c2ccccc2)=NC12CCCC2)Nc1ccc(F)cc1. The molecule has 0 bridgehead atoms. The van der Waals surface area contributed by atoms with Crippen molar-refractivity contribution in [3.63, 3.8) is 0 Å². The zero-order valence-corrected chi connectivity index (χ0v) is 14.8. The molecule has 2 amide bonds. The number of benzene rings is 2. The first-order valence-electron chi connectivity index (χ1n) is 9.10. The fourth-order valence-corrected chi connectivity index (χ4v) is 3.84. The molecule has 0 radical (unpaired) electrons. The summed E-state index contributed by atoms with van der Waals surface area (Å²) < 4.78 is 13.0. The molecule has 4 rings (SSSR count). The second-order valence-electron chi connectivity index (χ2n) is 6.96. The Bertz CT molecular complexity index is 887. The summed E-state index contributed by atoms with van der Waals surface area (Å²) in [7, 11) is 0. The van der Waals surface area contributed by atoms with E-state index in [9.17, 15) is 14.0 Å². The molecule has 138 valence electrons. The lowest BCUT2D eigenvalue weighted by molar-refractivity contribution is -0.132. The summed E-state index contributed by atoms with van der Waals surface area (Å²) >= 11 is 0. The molecule has 1 saturated carbocycles. The molecular weight excluding hydrogens is 345 g/mol. The summed E-state index contributed by atoms with van der Waals surface area (Å²) in [5.74, 6) is -0.892. The zero-order valence-electron chi connectivity index (χ0n) is 14.8. The van der Waals surface area contributed by atoms with E-state index in [4.69, 9.17) is 4.99 Å². The average molecular weight is 365 g/mol. The molecule has 0 atom stereocenters. The van der Waals surface area contributed by atoms with Crippen LogP contribution in [-0.4, -0.2) is 34.6 Å². The Morgan fingerprint density at radius 2 is 1.74 bits per heavy atom. The van der Waals surface area contributed by atoms with Crippen molar-refractivity contribution in [1.29, 1.82) is 0 Å². The van der Waals surface area contributed by atoms with Crippen LogP contribution < -0.4 is 5.32 Å². The zero-order chi connectivity index (χ0) is 18.9. The Balaban J connectivity index is 1.55. The van der Waals surface area contributed by atoms with E-state index < -0.39 is 5.66 Å². The van der Waals surface area contributed by atoms with E-state index in [0.717, 1.165) is 31.2 Å². The van der Waals surface area contributed by atoms with Crippen molar-refractivity contribution in [2.75, 3.05) is 11.9 Å². The van der Waals surface area contributed by atoms with Gasteiger partial charge in [-0.05, 0) is 49.9 Å². The third-order valence-corrected chi connectivity index (χ3v) is 5.15. The number of aliphatic imine (C=N–C) groups is 1. The largest absolute Gasteiger partial charge is 0.325 e. The Hall–Kier alpha value is -3.02. The molecule has 2 aliphatic rings. The smallest absolute Gasteiger partial charge is 0.275 e. The van der Waals surface area contributed by atoms with Gasteiger partial charge in [0.2, 0.25) is 5.91 Å². The topological polar surface area (TPSA) is 61.8 Å². The number of amides is 2. The highest BCUT2D eigenvalue weighted by molar-refractivity contribution is 6.47. The molecule has 2 aromatic rings. The normalized spacial score (nSPS) is 18.0. The van der Waals surface area contributed by atoms with Gasteiger partial charge in [0.15, 0.2) is 0 Å². The van der Waals surface area contributed by atoms with Crippen molar-refractivity contribution in [1.82, 2.24) is 4.90 Å². The Morgan fingerprint density at radius 3 is 2.41 bits per heavy atom. The van der Waals surface area contributed by atoms with E-state index in [-0.39, 0.29) is 24.2 Å².